The highest BCUT2D eigenvalue weighted by atomic mass is 16.4. The second-order valence-corrected chi connectivity index (χ2v) is 5.98. The first-order valence-electron chi connectivity index (χ1n) is 7.28. The van der Waals surface area contributed by atoms with Crippen LogP contribution in [-0.4, -0.2) is 21.0 Å². The van der Waals surface area contributed by atoms with Crippen molar-refractivity contribution >= 4 is 17.0 Å². The normalized spacial score (nSPS) is 18.2. The molecule has 0 aliphatic heterocycles. The van der Waals surface area contributed by atoms with Crippen LogP contribution in [0.15, 0.2) is 18.2 Å². The van der Waals surface area contributed by atoms with Crippen LogP contribution in [0, 0.1) is 12.3 Å². The lowest BCUT2D eigenvalue weighted by Crippen LogP contribution is -2.35. The summed E-state index contributed by atoms with van der Waals surface area (Å²) in [5.41, 5.74) is 2.45. The number of hydrogen-bond donors (Lipinski definition) is 2. The van der Waals surface area contributed by atoms with Crippen LogP contribution in [0.1, 0.15) is 43.5 Å². The molecule has 4 nitrogen and oxygen atoms in total. The second kappa shape index (κ2) is 4.93. The lowest BCUT2D eigenvalue weighted by Gasteiger charge is -2.32. The van der Waals surface area contributed by atoms with Gasteiger partial charge in [-0.2, -0.15) is 0 Å². The smallest absolute Gasteiger partial charge is 0.310 e. The van der Waals surface area contributed by atoms with E-state index in [1.54, 1.807) is 0 Å². The predicted octanol–water partition coefficient (Wildman–Crippen LogP) is 3.45. The van der Waals surface area contributed by atoms with Crippen molar-refractivity contribution in [3.63, 3.8) is 0 Å². The number of nitrogens with one attached hydrogen (secondary N) is 1. The number of rotatable bonds is 3. The van der Waals surface area contributed by atoms with Gasteiger partial charge in [0.25, 0.3) is 0 Å². The summed E-state index contributed by atoms with van der Waals surface area (Å²) in [5, 5.41) is 9.64. The molecule has 1 fully saturated rings. The summed E-state index contributed by atoms with van der Waals surface area (Å²) in [4.78, 5) is 19.6. The van der Waals surface area contributed by atoms with Crippen molar-refractivity contribution in [1.82, 2.24) is 9.97 Å². The maximum atomic E-state index is 11.7. The minimum absolute atomic E-state index is 0.510. The number of carbonyl (C=O) groups is 1. The molecule has 1 heterocycles. The fourth-order valence-corrected chi connectivity index (χ4v) is 3.33. The first-order valence-corrected chi connectivity index (χ1v) is 7.28. The number of fused-ring (bicyclic) bond motifs is 1. The molecule has 4 heteroatoms. The van der Waals surface area contributed by atoms with Gasteiger partial charge in [-0.3, -0.25) is 4.79 Å². The Bertz CT molecular complexity index is 639. The molecule has 1 aliphatic carbocycles. The van der Waals surface area contributed by atoms with Crippen LogP contribution < -0.4 is 0 Å². The molecule has 2 N–H and O–H groups in total. The molecular weight excluding hydrogens is 252 g/mol. The fourth-order valence-electron chi connectivity index (χ4n) is 3.33. The van der Waals surface area contributed by atoms with Crippen molar-refractivity contribution in [2.24, 2.45) is 5.41 Å². The second-order valence-electron chi connectivity index (χ2n) is 5.98. The van der Waals surface area contributed by atoms with E-state index in [4.69, 9.17) is 0 Å². The van der Waals surface area contributed by atoms with Crippen LogP contribution in [0.2, 0.25) is 0 Å². The van der Waals surface area contributed by atoms with E-state index in [9.17, 15) is 9.90 Å². The van der Waals surface area contributed by atoms with Gasteiger partial charge in [0.15, 0.2) is 0 Å². The number of aliphatic carboxylic acids is 1. The standard InChI is InChI=1S/C16H20N2O2/c1-11-6-5-7-12-14(11)18-13(17-12)10-16(15(19)20)8-3-2-4-9-16/h5-7H,2-4,8-10H2,1H3,(H,17,18)(H,19,20). The van der Waals surface area contributed by atoms with Crippen LogP contribution in [0.3, 0.4) is 0 Å². The van der Waals surface area contributed by atoms with Gasteiger partial charge in [-0.15, -0.1) is 0 Å². The Labute approximate surface area is 118 Å². The molecule has 106 valence electrons. The van der Waals surface area contributed by atoms with E-state index in [1.165, 1.54) is 0 Å². The molecule has 0 unspecified atom stereocenters. The average molecular weight is 272 g/mol. The van der Waals surface area contributed by atoms with Crippen LogP contribution >= 0.6 is 0 Å². The fraction of sp³-hybridized carbons (Fsp3) is 0.500. The van der Waals surface area contributed by atoms with Gasteiger partial charge in [0.1, 0.15) is 5.82 Å². The lowest BCUT2D eigenvalue weighted by atomic mass is 9.72. The number of carboxylic acid groups (broad SMARTS) is 1. The van der Waals surface area contributed by atoms with Crippen LogP contribution in [0.5, 0.6) is 0 Å². The minimum Gasteiger partial charge on any atom is -0.481 e. The number of aromatic nitrogens is 2. The Balaban J connectivity index is 1.94. The molecule has 1 aromatic carbocycles. The molecule has 0 amide bonds. The first kappa shape index (κ1) is 13.2. The topological polar surface area (TPSA) is 66.0 Å². The third-order valence-electron chi connectivity index (χ3n) is 4.53. The summed E-state index contributed by atoms with van der Waals surface area (Å²) < 4.78 is 0. The molecule has 20 heavy (non-hydrogen) atoms. The number of aromatic amines is 1. The number of hydrogen-bond acceptors (Lipinski definition) is 2. The van der Waals surface area contributed by atoms with Gasteiger partial charge >= 0.3 is 5.97 Å². The van der Waals surface area contributed by atoms with Gasteiger partial charge in [0.2, 0.25) is 0 Å². The summed E-state index contributed by atoms with van der Waals surface area (Å²) >= 11 is 0. The van der Waals surface area contributed by atoms with Crippen molar-refractivity contribution in [3.05, 3.63) is 29.6 Å². The number of imidazole rings is 1. The lowest BCUT2D eigenvalue weighted by molar-refractivity contribution is -0.151. The predicted molar refractivity (Wildman–Crippen MR) is 77.7 cm³/mol. The van der Waals surface area contributed by atoms with Crippen molar-refractivity contribution in [2.45, 2.75) is 45.4 Å². The van der Waals surface area contributed by atoms with E-state index < -0.39 is 11.4 Å². The maximum absolute atomic E-state index is 11.7. The molecule has 0 spiro atoms. The number of H-pyrrole nitrogens is 1. The van der Waals surface area contributed by atoms with Crippen LogP contribution in [0.4, 0.5) is 0 Å². The van der Waals surface area contributed by atoms with E-state index in [-0.39, 0.29) is 0 Å². The number of para-hydroxylation sites is 1. The first-order chi connectivity index (χ1) is 9.61. The SMILES string of the molecule is Cc1cccc2[nH]c(CC3(C(=O)O)CCCCC3)nc12. The third-order valence-corrected chi connectivity index (χ3v) is 4.53. The van der Waals surface area contributed by atoms with Crippen molar-refractivity contribution < 1.29 is 9.90 Å². The summed E-state index contributed by atoms with van der Waals surface area (Å²) in [6, 6.07) is 6.01. The highest BCUT2D eigenvalue weighted by Gasteiger charge is 2.40. The van der Waals surface area contributed by atoms with E-state index in [0.717, 1.165) is 54.5 Å². The molecule has 1 aliphatic rings. The Morgan fingerprint density at radius 2 is 2.10 bits per heavy atom. The van der Waals surface area contributed by atoms with E-state index in [0.29, 0.717) is 6.42 Å². The summed E-state index contributed by atoms with van der Waals surface area (Å²) in [5.74, 6) is 0.132. The van der Waals surface area contributed by atoms with Crippen LogP contribution in [0.25, 0.3) is 11.0 Å². The highest BCUT2D eigenvalue weighted by molar-refractivity contribution is 5.79. The molecule has 0 saturated heterocycles. The van der Waals surface area contributed by atoms with Crippen molar-refractivity contribution in [3.8, 4) is 0 Å². The van der Waals surface area contributed by atoms with Gasteiger partial charge < -0.3 is 10.1 Å². The zero-order valence-corrected chi connectivity index (χ0v) is 11.8. The molecule has 0 bridgehead atoms. The Morgan fingerprint density at radius 1 is 1.35 bits per heavy atom. The number of nitrogens with zero attached hydrogens (tertiary/aromatic N) is 1. The Kier molecular flexibility index (Phi) is 3.24. The summed E-state index contributed by atoms with van der Waals surface area (Å²) in [7, 11) is 0. The summed E-state index contributed by atoms with van der Waals surface area (Å²) in [6.07, 6.45) is 5.19. The van der Waals surface area contributed by atoms with E-state index in [1.807, 2.05) is 25.1 Å². The van der Waals surface area contributed by atoms with Crippen LogP contribution in [-0.2, 0) is 11.2 Å². The number of aryl methyl sites for hydroxylation is 1. The molecule has 3 rings (SSSR count). The summed E-state index contributed by atoms with van der Waals surface area (Å²) in [6.45, 7) is 2.03. The average Bonchev–Trinajstić information content (AvgIpc) is 2.83. The van der Waals surface area contributed by atoms with E-state index >= 15 is 0 Å². The largest absolute Gasteiger partial charge is 0.481 e. The maximum Gasteiger partial charge on any atom is 0.310 e. The third kappa shape index (κ3) is 2.19. The zero-order valence-electron chi connectivity index (χ0n) is 11.8. The molecular formula is C16H20N2O2. The highest BCUT2D eigenvalue weighted by Crippen LogP contribution is 2.39. The van der Waals surface area contributed by atoms with Gasteiger partial charge in [0.05, 0.1) is 16.4 Å². The molecule has 2 aromatic rings. The number of carboxylic acids is 1. The van der Waals surface area contributed by atoms with Gasteiger partial charge in [-0.1, -0.05) is 31.4 Å². The van der Waals surface area contributed by atoms with Gasteiger partial charge in [0, 0.05) is 6.42 Å². The zero-order chi connectivity index (χ0) is 14.2. The Morgan fingerprint density at radius 3 is 2.75 bits per heavy atom. The van der Waals surface area contributed by atoms with Crippen molar-refractivity contribution in [1.29, 1.82) is 0 Å². The molecule has 1 saturated carbocycles. The van der Waals surface area contributed by atoms with E-state index in [2.05, 4.69) is 9.97 Å². The molecule has 0 radical (unpaired) electrons. The number of benzene rings is 1. The van der Waals surface area contributed by atoms with Gasteiger partial charge in [-0.25, -0.2) is 4.98 Å². The van der Waals surface area contributed by atoms with Gasteiger partial charge in [-0.05, 0) is 31.4 Å². The molecule has 0 atom stereocenters. The quantitative estimate of drug-likeness (QED) is 0.899. The monoisotopic (exact) mass is 272 g/mol. The molecule has 1 aromatic heterocycles. The Hall–Kier alpha value is -1.84. The minimum atomic E-state index is -0.672. The van der Waals surface area contributed by atoms with Crippen molar-refractivity contribution in [2.75, 3.05) is 0 Å².